The molecule has 0 spiro atoms. The number of carbonyl (C=O) groups excluding carboxylic acids is 1. The Morgan fingerprint density at radius 2 is 1.85 bits per heavy atom. The number of methoxy groups -OCH3 is 2. The molecule has 4 rings (SSSR count). The zero-order valence-corrected chi connectivity index (χ0v) is 23.3. The van der Waals surface area contributed by atoms with Gasteiger partial charge in [0.2, 0.25) is 11.9 Å². The van der Waals surface area contributed by atoms with Gasteiger partial charge in [0, 0.05) is 38.2 Å². The molecule has 1 atom stereocenters. The third-order valence-electron chi connectivity index (χ3n) is 6.07. The number of aryl methyl sites for hydroxylation is 1. The van der Waals surface area contributed by atoms with Crippen molar-refractivity contribution in [1.29, 1.82) is 0 Å². The standard InChI is InChI=1S/C19H27N5O4.C7H8O3S/c1-24(8-5-7-21-18(25)14-6-4-9-28-14)19-22-13-11-16(27-3)15(26-2)10-12(13)17(20)23-19;1-6-2-4-7(5-3-6)11(8,9)10/h10-11,14H,4-9H2,1-3H3,(H,21,25)(H2,20,22,23);2-5H,1H3,(H,8,9,10). The van der Waals surface area contributed by atoms with Crippen LogP contribution in [0.1, 0.15) is 24.8 Å². The highest BCUT2D eigenvalue weighted by Gasteiger charge is 2.23. The van der Waals surface area contributed by atoms with Crippen molar-refractivity contribution in [2.45, 2.75) is 37.2 Å². The summed E-state index contributed by atoms with van der Waals surface area (Å²) < 4.78 is 45.6. The van der Waals surface area contributed by atoms with E-state index in [1.807, 2.05) is 18.9 Å². The molecule has 1 amide bonds. The molecule has 3 aromatic rings. The Kier molecular flexibility index (Phi) is 10.3. The number of nitrogen functional groups attached to an aromatic ring is 1. The molecule has 2 aromatic carbocycles. The van der Waals surface area contributed by atoms with E-state index in [0.717, 1.165) is 24.8 Å². The number of rotatable bonds is 9. The van der Waals surface area contributed by atoms with Crippen LogP contribution in [0.25, 0.3) is 10.9 Å². The number of fused-ring (bicyclic) bond motifs is 1. The quantitative estimate of drug-likeness (QED) is 0.260. The van der Waals surface area contributed by atoms with Crippen LogP contribution in [0.15, 0.2) is 41.3 Å². The highest BCUT2D eigenvalue weighted by atomic mass is 32.2. The number of nitrogens with zero attached hydrogens (tertiary/aromatic N) is 3. The molecule has 0 bridgehead atoms. The third-order valence-corrected chi connectivity index (χ3v) is 6.94. The molecule has 12 nitrogen and oxygen atoms in total. The summed E-state index contributed by atoms with van der Waals surface area (Å²) in [4.78, 5) is 22.8. The van der Waals surface area contributed by atoms with Gasteiger partial charge in [0.05, 0.1) is 24.6 Å². The Hall–Kier alpha value is -3.68. The van der Waals surface area contributed by atoms with E-state index in [1.54, 1.807) is 38.5 Å². The van der Waals surface area contributed by atoms with E-state index in [4.69, 9.17) is 24.5 Å². The van der Waals surface area contributed by atoms with Gasteiger partial charge < -0.3 is 30.2 Å². The average Bonchev–Trinajstić information content (AvgIpc) is 3.45. The van der Waals surface area contributed by atoms with Crippen LogP contribution in [-0.4, -0.2) is 75.9 Å². The molecule has 1 fully saturated rings. The first kappa shape index (κ1) is 29.9. The fraction of sp³-hybridized carbons (Fsp3) is 0.423. The number of benzene rings is 2. The summed E-state index contributed by atoms with van der Waals surface area (Å²) in [5, 5.41) is 3.62. The predicted octanol–water partition coefficient (Wildman–Crippen LogP) is 2.59. The summed E-state index contributed by atoms with van der Waals surface area (Å²) in [7, 11) is 1.02. The lowest BCUT2D eigenvalue weighted by Gasteiger charge is -2.19. The van der Waals surface area contributed by atoms with Crippen molar-refractivity contribution in [3.05, 3.63) is 42.0 Å². The first-order chi connectivity index (χ1) is 18.5. The first-order valence-corrected chi connectivity index (χ1v) is 13.8. The molecular formula is C26H35N5O7S. The molecular weight excluding hydrogens is 526 g/mol. The van der Waals surface area contributed by atoms with Crippen molar-refractivity contribution < 1.29 is 32.0 Å². The Morgan fingerprint density at radius 1 is 1.18 bits per heavy atom. The second-order valence-electron chi connectivity index (χ2n) is 8.99. The topological polar surface area (TPSA) is 166 Å². The molecule has 212 valence electrons. The van der Waals surface area contributed by atoms with Gasteiger partial charge in [-0.15, -0.1) is 0 Å². The van der Waals surface area contributed by atoms with E-state index in [0.29, 0.717) is 53.9 Å². The smallest absolute Gasteiger partial charge is 0.294 e. The van der Waals surface area contributed by atoms with Gasteiger partial charge in [0.15, 0.2) is 11.5 Å². The second kappa shape index (κ2) is 13.4. The summed E-state index contributed by atoms with van der Waals surface area (Å²) >= 11 is 0. The van der Waals surface area contributed by atoms with Crippen molar-refractivity contribution in [3.63, 3.8) is 0 Å². The number of amides is 1. The zero-order valence-electron chi connectivity index (χ0n) is 22.5. The maximum atomic E-state index is 12.0. The molecule has 1 saturated heterocycles. The molecule has 1 aromatic heterocycles. The number of carbonyl (C=O) groups is 1. The van der Waals surface area contributed by atoms with Crippen LogP contribution in [0, 0.1) is 6.92 Å². The van der Waals surface area contributed by atoms with Gasteiger partial charge in [-0.1, -0.05) is 17.7 Å². The number of hydrogen-bond acceptors (Lipinski definition) is 10. The van der Waals surface area contributed by atoms with E-state index >= 15 is 0 Å². The molecule has 0 saturated carbocycles. The molecule has 1 aliphatic rings. The van der Waals surface area contributed by atoms with Gasteiger partial charge in [0.25, 0.3) is 10.1 Å². The van der Waals surface area contributed by atoms with E-state index in [-0.39, 0.29) is 16.9 Å². The number of nitrogens with two attached hydrogens (primary N) is 1. The second-order valence-corrected chi connectivity index (χ2v) is 10.4. The van der Waals surface area contributed by atoms with E-state index < -0.39 is 10.1 Å². The maximum Gasteiger partial charge on any atom is 0.294 e. The Morgan fingerprint density at radius 3 is 2.44 bits per heavy atom. The highest BCUT2D eigenvalue weighted by Crippen LogP contribution is 2.34. The lowest BCUT2D eigenvalue weighted by Crippen LogP contribution is -2.36. The fourth-order valence-corrected chi connectivity index (χ4v) is 4.35. The van der Waals surface area contributed by atoms with Gasteiger partial charge >= 0.3 is 0 Å². The van der Waals surface area contributed by atoms with Gasteiger partial charge in [-0.2, -0.15) is 13.4 Å². The highest BCUT2D eigenvalue weighted by molar-refractivity contribution is 7.85. The average molecular weight is 562 g/mol. The first-order valence-electron chi connectivity index (χ1n) is 12.4. The van der Waals surface area contributed by atoms with Crippen molar-refractivity contribution >= 4 is 38.7 Å². The molecule has 1 aliphatic heterocycles. The largest absolute Gasteiger partial charge is 0.493 e. The van der Waals surface area contributed by atoms with Crippen molar-refractivity contribution in [3.8, 4) is 11.5 Å². The predicted molar refractivity (Wildman–Crippen MR) is 148 cm³/mol. The molecule has 13 heteroatoms. The zero-order chi connectivity index (χ0) is 28.6. The minimum Gasteiger partial charge on any atom is -0.493 e. The van der Waals surface area contributed by atoms with Crippen LogP contribution in [0.4, 0.5) is 11.8 Å². The number of nitrogens with one attached hydrogen (secondary N) is 1. The van der Waals surface area contributed by atoms with Gasteiger partial charge in [-0.3, -0.25) is 9.35 Å². The van der Waals surface area contributed by atoms with Gasteiger partial charge in [-0.25, -0.2) is 4.98 Å². The lowest BCUT2D eigenvalue weighted by atomic mass is 10.2. The minimum atomic E-state index is -4.02. The molecule has 2 heterocycles. The summed E-state index contributed by atoms with van der Waals surface area (Å²) in [6.07, 6.45) is 2.19. The lowest BCUT2D eigenvalue weighted by molar-refractivity contribution is -0.130. The van der Waals surface area contributed by atoms with Crippen molar-refractivity contribution in [2.75, 3.05) is 51.6 Å². The summed E-state index contributed by atoms with van der Waals surface area (Å²) in [6.45, 7) is 3.74. The summed E-state index contributed by atoms with van der Waals surface area (Å²) in [5.41, 5.74) is 7.76. The number of hydrogen-bond donors (Lipinski definition) is 3. The molecule has 39 heavy (non-hydrogen) atoms. The summed E-state index contributed by atoms with van der Waals surface area (Å²) in [6, 6.07) is 9.54. The fourth-order valence-electron chi connectivity index (χ4n) is 3.87. The van der Waals surface area contributed by atoms with E-state index in [2.05, 4.69) is 15.3 Å². The Labute approximate surface area is 228 Å². The SMILES string of the molecule is COc1cc2nc(N(C)CCCNC(=O)C3CCCO3)nc(N)c2cc1OC.Cc1ccc(S(=O)(=O)O)cc1. The minimum absolute atomic E-state index is 0.0348. The number of aromatic nitrogens is 2. The van der Waals surface area contributed by atoms with Gasteiger partial charge in [-0.05, 0) is 44.4 Å². The maximum absolute atomic E-state index is 12.0. The number of anilines is 2. The van der Waals surface area contributed by atoms with Crippen LogP contribution in [0.2, 0.25) is 0 Å². The van der Waals surface area contributed by atoms with Crippen LogP contribution in [-0.2, 0) is 19.6 Å². The van der Waals surface area contributed by atoms with E-state index in [9.17, 15) is 13.2 Å². The monoisotopic (exact) mass is 561 g/mol. The molecule has 1 unspecified atom stereocenters. The van der Waals surface area contributed by atoms with Crippen molar-refractivity contribution in [2.24, 2.45) is 0 Å². The van der Waals surface area contributed by atoms with Gasteiger partial charge in [0.1, 0.15) is 11.9 Å². The van der Waals surface area contributed by atoms with Crippen molar-refractivity contribution in [1.82, 2.24) is 15.3 Å². The summed E-state index contributed by atoms with van der Waals surface area (Å²) in [5.74, 6) is 2.02. The number of ether oxygens (including phenoxy) is 3. The van der Waals surface area contributed by atoms with E-state index in [1.165, 1.54) is 12.1 Å². The Balaban J connectivity index is 0.000000320. The van der Waals surface area contributed by atoms with Crippen LogP contribution in [0.3, 0.4) is 0 Å². The normalized spacial score (nSPS) is 14.8. The van der Waals surface area contributed by atoms with Crippen LogP contribution < -0.4 is 25.4 Å². The van der Waals surface area contributed by atoms with Crippen LogP contribution in [0.5, 0.6) is 11.5 Å². The Bertz CT molecular complexity index is 1380. The molecule has 4 N–H and O–H groups in total. The third kappa shape index (κ3) is 8.15. The molecule has 0 radical (unpaired) electrons. The van der Waals surface area contributed by atoms with Crippen LogP contribution >= 0.6 is 0 Å². The molecule has 0 aliphatic carbocycles.